The van der Waals surface area contributed by atoms with Crippen LogP contribution in [0, 0.1) is 5.92 Å². The minimum absolute atomic E-state index is 0.0440. The first kappa shape index (κ1) is 29.3. The van der Waals surface area contributed by atoms with E-state index < -0.39 is 54.5 Å². The van der Waals surface area contributed by atoms with E-state index in [1.165, 1.54) is 12.5 Å². The number of guanidine groups is 1. The Hall–Kier alpha value is -3.72. The molecule has 0 aliphatic heterocycles. The zero-order valence-corrected chi connectivity index (χ0v) is 19.7. The summed E-state index contributed by atoms with van der Waals surface area (Å²) in [5.41, 5.74) is 16.8. The maximum Gasteiger partial charge on any atom is 0.326 e. The van der Waals surface area contributed by atoms with E-state index >= 15 is 0 Å². The second-order valence-electron chi connectivity index (χ2n) is 8.20. The Labute approximate surface area is 202 Å². The minimum atomic E-state index is -1.37. The van der Waals surface area contributed by atoms with Gasteiger partial charge >= 0.3 is 5.97 Å². The lowest BCUT2D eigenvalue weighted by molar-refractivity contribution is -0.142. The van der Waals surface area contributed by atoms with Gasteiger partial charge in [-0.2, -0.15) is 0 Å². The van der Waals surface area contributed by atoms with Gasteiger partial charge in [0.25, 0.3) is 0 Å². The van der Waals surface area contributed by atoms with Crippen molar-refractivity contribution in [2.75, 3.05) is 13.2 Å². The van der Waals surface area contributed by atoms with Crippen molar-refractivity contribution in [2.45, 2.75) is 57.3 Å². The summed E-state index contributed by atoms with van der Waals surface area (Å²) < 4.78 is 0. The maximum atomic E-state index is 12.9. The fraction of sp³-hybridized carbons (Fsp3) is 0.600. The van der Waals surface area contributed by atoms with Gasteiger partial charge in [0.05, 0.1) is 19.0 Å². The molecule has 0 radical (unpaired) electrons. The van der Waals surface area contributed by atoms with Crippen LogP contribution in [0.3, 0.4) is 0 Å². The summed E-state index contributed by atoms with van der Waals surface area (Å²) in [6.07, 6.45) is 3.04. The number of rotatable bonds is 15. The second kappa shape index (κ2) is 14.5. The highest BCUT2D eigenvalue weighted by atomic mass is 16.4. The molecule has 3 amide bonds. The summed E-state index contributed by atoms with van der Waals surface area (Å²) in [5, 5.41) is 26.3. The molecule has 0 fully saturated rings. The van der Waals surface area contributed by atoms with Crippen molar-refractivity contribution in [1.29, 1.82) is 0 Å². The molecular weight excluding hydrogens is 462 g/mol. The molecule has 12 N–H and O–H groups in total. The molecule has 0 spiro atoms. The number of imidazole rings is 1. The normalized spacial score (nSPS) is 14.3. The lowest BCUT2D eigenvalue weighted by Gasteiger charge is -2.25. The lowest BCUT2D eigenvalue weighted by Crippen LogP contribution is -2.58. The Morgan fingerprint density at radius 3 is 2.17 bits per heavy atom. The van der Waals surface area contributed by atoms with E-state index in [1.807, 2.05) is 0 Å². The number of hydrogen-bond acceptors (Lipinski definition) is 8. The molecule has 196 valence electrons. The minimum Gasteiger partial charge on any atom is -0.480 e. The summed E-state index contributed by atoms with van der Waals surface area (Å²) >= 11 is 0. The third-order valence-corrected chi connectivity index (χ3v) is 5.01. The van der Waals surface area contributed by atoms with Gasteiger partial charge in [0.1, 0.15) is 18.1 Å². The number of aliphatic hydroxyl groups is 1. The molecule has 1 aromatic heterocycles. The van der Waals surface area contributed by atoms with Gasteiger partial charge in [0, 0.05) is 24.9 Å². The Bertz CT molecular complexity index is 870. The number of aliphatic carboxylic acids is 1. The number of carboxylic acid groups (broad SMARTS) is 1. The van der Waals surface area contributed by atoms with Crippen LogP contribution in [0.4, 0.5) is 0 Å². The van der Waals surface area contributed by atoms with E-state index in [9.17, 15) is 29.4 Å². The number of carbonyl (C=O) groups is 4. The van der Waals surface area contributed by atoms with Crippen LogP contribution < -0.4 is 33.2 Å². The molecule has 15 nitrogen and oxygen atoms in total. The van der Waals surface area contributed by atoms with E-state index in [2.05, 4.69) is 30.9 Å². The van der Waals surface area contributed by atoms with Crippen molar-refractivity contribution in [2.24, 2.45) is 28.1 Å². The Morgan fingerprint density at radius 1 is 1.06 bits per heavy atom. The number of hydrogen-bond donors (Lipinski definition) is 9. The third-order valence-electron chi connectivity index (χ3n) is 5.01. The van der Waals surface area contributed by atoms with Crippen molar-refractivity contribution in [3.05, 3.63) is 18.2 Å². The first-order valence-electron chi connectivity index (χ1n) is 11.0. The van der Waals surface area contributed by atoms with Crippen molar-refractivity contribution in [3.63, 3.8) is 0 Å². The molecule has 35 heavy (non-hydrogen) atoms. The highest BCUT2D eigenvalue weighted by Gasteiger charge is 2.30. The zero-order valence-electron chi connectivity index (χ0n) is 19.7. The van der Waals surface area contributed by atoms with Crippen molar-refractivity contribution < 1.29 is 29.4 Å². The molecule has 0 saturated carbocycles. The maximum absolute atomic E-state index is 12.9. The van der Waals surface area contributed by atoms with E-state index in [1.54, 1.807) is 13.8 Å². The van der Waals surface area contributed by atoms with Crippen LogP contribution in [0.15, 0.2) is 17.5 Å². The van der Waals surface area contributed by atoms with Gasteiger partial charge in [-0.1, -0.05) is 13.8 Å². The van der Waals surface area contributed by atoms with Crippen LogP contribution in [-0.2, 0) is 25.6 Å². The summed E-state index contributed by atoms with van der Waals surface area (Å²) in [6.45, 7) is 2.85. The number of aromatic amines is 1. The van der Waals surface area contributed by atoms with Crippen LogP contribution in [0.1, 0.15) is 32.4 Å². The Morgan fingerprint density at radius 2 is 1.66 bits per heavy atom. The number of nitrogens with one attached hydrogen (secondary N) is 4. The molecule has 0 aliphatic carbocycles. The SMILES string of the molecule is CC(C)C(N)C(=O)NC(CO)C(=O)NC(CCCN=C(N)N)C(=O)NC(Cc1cnc[nH]1)C(=O)O. The highest BCUT2D eigenvalue weighted by molar-refractivity contribution is 5.94. The molecule has 15 heteroatoms. The van der Waals surface area contributed by atoms with Crippen molar-refractivity contribution in [3.8, 4) is 0 Å². The molecular formula is C20H35N9O6. The number of H-pyrrole nitrogens is 1. The summed E-state index contributed by atoms with van der Waals surface area (Å²) in [6, 6.07) is -4.79. The van der Waals surface area contributed by atoms with Crippen LogP contribution in [0.25, 0.3) is 0 Å². The predicted octanol–water partition coefficient (Wildman–Crippen LogP) is -3.48. The van der Waals surface area contributed by atoms with Gasteiger partial charge in [0.2, 0.25) is 17.7 Å². The molecule has 1 aromatic rings. The fourth-order valence-electron chi connectivity index (χ4n) is 2.90. The lowest BCUT2D eigenvalue weighted by atomic mass is 10.0. The molecule has 0 aromatic carbocycles. The second-order valence-corrected chi connectivity index (χ2v) is 8.20. The summed E-state index contributed by atoms with van der Waals surface area (Å²) in [7, 11) is 0. The van der Waals surface area contributed by atoms with Gasteiger partial charge in [-0.3, -0.25) is 19.4 Å². The molecule has 0 aliphatic rings. The topological polar surface area (TPSA) is 264 Å². The van der Waals surface area contributed by atoms with E-state index in [-0.39, 0.29) is 37.7 Å². The molecule has 0 saturated heterocycles. The van der Waals surface area contributed by atoms with Gasteiger partial charge in [-0.25, -0.2) is 9.78 Å². The van der Waals surface area contributed by atoms with E-state index in [4.69, 9.17) is 17.2 Å². The number of nitrogens with zero attached hydrogens (tertiary/aromatic N) is 2. The van der Waals surface area contributed by atoms with Crippen LogP contribution in [0.5, 0.6) is 0 Å². The largest absolute Gasteiger partial charge is 0.480 e. The third kappa shape index (κ3) is 10.4. The summed E-state index contributed by atoms with van der Waals surface area (Å²) in [4.78, 5) is 59.9. The molecule has 4 atom stereocenters. The standard InChI is InChI=1S/C20H35N9O6/c1-10(2)15(21)18(33)29-14(8-30)17(32)27-12(4-3-5-25-20(22)23)16(31)28-13(19(34)35)6-11-7-24-9-26-11/h7,9-10,12-15,30H,3-6,8,21H2,1-2H3,(H,24,26)(H,27,32)(H,28,31)(H,29,33)(H,34,35)(H4,22,23,25). The van der Waals surface area contributed by atoms with Crippen molar-refractivity contribution in [1.82, 2.24) is 25.9 Å². The molecule has 0 bridgehead atoms. The van der Waals surface area contributed by atoms with Gasteiger partial charge in [-0.05, 0) is 18.8 Å². The number of aliphatic hydroxyl groups excluding tert-OH is 1. The van der Waals surface area contributed by atoms with Crippen LogP contribution in [0.2, 0.25) is 0 Å². The average molecular weight is 498 g/mol. The van der Waals surface area contributed by atoms with Gasteiger partial charge in [0.15, 0.2) is 5.96 Å². The predicted molar refractivity (Wildman–Crippen MR) is 126 cm³/mol. The first-order valence-corrected chi connectivity index (χ1v) is 11.0. The highest BCUT2D eigenvalue weighted by Crippen LogP contribution is 2.05. The number of carbonyl (C=O) groups excluding carboxylic acids is 3. The molecule has 1 rings (SSSR count). The molecule has 4 unspecified atom stereocenters. The van der Waals surface area contributed by atoms with E-state index in [0.29, 0.717) is 5.69 Å². The quantitative estimate of drug-likeness (QED) is 0.0656. The number of nitrogens with two attached hydrogens (primary N) is 3. The first-order chi connectivity index (χ1) is 16.5. The van der Waals surface area contributed by atoms with E-state index in [0.717, 1.165) is 0 Å². The smallest absolute Gasteiger partial charge is 0.326 e. The average Bonchev–Trinajstić information content (AvgIpc) is 3.30. The number of amides is 3. The van der Waals surface area contributed by atoms with Crippen LogP contribution >= 0.6 is 0 Å². The Balaban J connectivity index is 2.94. The zero-order chi connectivity index (χ0) is 26.5. The Kier molecular flexibility index (Phi) is 12.2. The van der Waals surface area contributed by atoms with Gasteiger partial charge < -0.3 is 48.3 Å². The number of aromatic nitrogens is 2. The number of carboxylic acids is 1. The van der Waals surface area contributed by atoms with Gasteiger partial charge in [-0.15, -0.1) is 0 Å². The summed E-state index contributed by atoms with van der Waals surface area (Å²) in [5.74, 6) is -3.93. The monoisotopic (exact) mass is 497 g/mol. The van der Waals surface area contributed by atoms with Crippen molar-refractivity contribution >= 4 is 29.7 Å². The number of aliphatic imine (C=N–C) groups is 1. The molecule has 1 heterocycles. The fourth-order valence-corrected chi connectivity index (χ4v) is 2.90. The van der Waals surface area contributed by atoms with Crippen LogP contribution in [-0.4, -0.2) is 87.2 Å².